The van der Waals surface area contributed by atoms with Crippen LogP contribution in [0.4, 0.5) is 5.69 Å². The van der Waals surface area contributed by atoms with Gasteiger partial charge in [-0.15, -0.1) is 0 Å². The van der Waals surface area contributed by atoms with Crippen LogP contribution in [0.25, 0.3) is 22.6 Å². The summed E-state index contributed by atoms with van der Waals surface area (Å²) < 4.78 is 7.58. The van der Waals surface area contributed by atoms with Crippen molar-refractivity contribution in [3.63, 3.8) is 0 Å². The number of phenols is 1. The molecule has 0 radical (unpaired) electrons. The fraction of sp³-hybridized carbons (Fsp3) is 0. The second-order valence-corrected chi connectivity index (χ2v) is 8.20. The number of carbonyl (C=O) groups excluding carboxylic acids is 1. The van der Waals surface area contributed by atoms with E-state index in [0.29, 0.717) is 33.8 Å². The second kappa shape index (κ2) is 7.47. The lowest BCUT2D eigenvalue weighted by atomic mass is 10.1. The van der Waals surface area contributed by atoms with Crippen LogP contribution in [-0.4, -0.2) is 16.0 Å². The highest BCUT2D eigenvalue weighted by atomic mass is 127. The zero-order valence-electron chi connectivity index (χ0n) is 13.7. The van der Waals surface area contributed by atoms with Crippen molar-refractivity contribution in [2.45, 2.75) is 0 Å². The molecule has 0 unspecified atom stereocenters. The zero-order valence-corrected chi connectivity index (χ0v) is 18.1. The molecule has 1 heterocycles. The average molecular weight is 582 g/mol. The van der Waals surface area contributed by atoms with E-state index in [1.807, 2.05) is 42.5 Å². The zero-order chi connectivity index (χ0) is 19.0. The van der Waals surface area contributed by atoms with Gasteiger partial charge in [0, 0.05) is 12.8 Å². The highest BCUT2D eigenvalue weighted by Crippen LogP contribution is 2.33. The van der Waals surface area contributed by atoms with Crippen LogP contribution in [0.3, 0.4) is 0 Å². The number of amides is 1. The predicted molar refractivity (Wildman–Crippen MR) is 121 cm³/mol. The lowest BCUT2D eigenvalue weighted by Crippen LogP contribution is -2.13. The van der Waals surface area contributed by atoms with Crippen LogP contribution in [-0.2, 0) is 0 Å². The number of aromatic hydroxyl groups is 1. The van der Waals surface area contributed by atoms with Gasteiger partial charge in [0.05, 0.1) is 11.1 Å². The Kier molecular flexibility index (Phi) is 5.04. The molecule has 1 aromatic heterocycles. The number of rotatable bonds is 3. The summed E-state index contributed by atoms with van der Waals surface area (Å²) in [6, 6.07) is 17.9. The van der Waals surface area contributed by atoms with Crippen LogP contribution in [0.15, 0.2) is 65.1 Å². The summed E-state index contributed by atoms with van der Waals surface area (Å²) in [5.41, 5.74) is 2.90. The molecule has 3 aromatic carbocycles. The number of halogens is 2. The summed E-state index contributed by atoms with van der Waals surface area (Å²) in [7, 11) is 0. The molecule has 27 heavy (non-hydrogen) atoms. The predicted octanol–water partition coefficient (Wildman–Crippen LogP) is 5.66. The first-order chi connectivity index (χ1) is 13.0. The first-order valence-corrected chi connectivity index (χ1v) is 10.1. The Balaban J connectivity index is 1.68. The summed E-state index contributed by atoms with van der Waals surface area (Å²) in [5.74, 6) is 0.115. The molecule has 0 spiro atoms. The van der Waals surface area contributed by atoms with E-state index in [9.17, 15) is 9.90 Å². The van der Waals surface area contributed by atoms with Crippen LogP contribution < -0.4 is 5.32 Å². The molecule has 4 aromatic rings. The van der Waals surface area contributed by atoms with Crippen molar-refractivity contribution in [1.29, 1.82) is 0 Å². The number of aromatic nitrogens is 1. The quantitative estimate of drug-likeness (QED) is 0.242. The van der Waals surface area contributed by atoms with Gasteiger partial charge in [0.2, 0.25) is 5.89 Å². The number of hydrogen-bond acceptors (Lipinski definition) is 4. The standard InChI is InChI=1S/C20H12I2N2O3/c21-11-5-7-15(22)13(9-11)19(26)23-12-6-8-17(25)14(10-12)20-24-16-3-1-2-4-18(16)27-20/h1-10,25H,(H,23,26). The fourth-order valence-corrected chi connectivity index (χ4v) is 3.71. The molecule has 0 atom stereocenters. The van der Waals surface area contributed by atoms with Gasteiger partial charge >= 0.3 is 0 Å². The van der Waals surface area contributed by atoms with E-state index >= 15 is 0 Å². The molecule has 1 amide bonds. The fourth-order valence-electron chi connectivity index (χ4n) is 2.64. The van der Waals surface area contributed by atoms with Crippen molar-refractivity contribution in [3.8, 4) is 17.2 Å². The smallest absolute Gasteiger partial charge is 0.256 e. The summed E-state index contributed by atoms with van der Waals surface area (Å²) in [6.45, 7) is 0. The number of anilines is 1. The van der Waals surface area contributed by atoms with E-state index in [0.717, 1.165) is 7.14 Å². The molecule has 4 rings (SSSR count). The summed E-state index contributed by atoms with van der Waals surface area (Å²) in [5, 5.41) is 13.1. The molecule has 2 N–H and O–H groups in total. The minimum atomic E-state index is -0.216. The SMILES string of the molecule is O=C(Nc1ccc(O)c(-c2nc3ccccc3o2)c1)c1cc(I)ccc1I. The number of carbonyl (C=O) groups is 1. The number of para-hydroxylation sites is 2. The van der Waals surface area contributed by atoms with Crippen molar-refractivity contribution in [3.05, 3.63) is 73.4 Å². The first kappa shape index (κ1) is 18.2. The Hall–Kier alpha value is -2.14. The van der Waals surface area contributed by atoms with E-state index < -0.39 is 0 Å². The maximum atomic E-state index is 12.6. The van der Waals surface area contributed by atoms with E-state index in [4.69, 9.17) is 4.42 Å². The Morgan fingerprint density at radius 3 is 2.67 bits per heavy atom. The van der Waals surface area contributed by atoms with Crippen LogP contribution in [0.1, 0.15) is 10.4 Å². The molecule has 7 heteroatoms. The molecule has 0 aliphatic rings. The van der Waals surface area contributed by atoms with Crippen molar-refractivity contribution >= 4 is 67.9 Å². The minimum absolute atomic E-state index is 0.0309. The van der Waals surface area contributed by atoms with Crippen molar-refractivity contribution in [1.82, 2.24) is 4.98 Å². The van der Waals surface area contributed by atoms with Gasteiger partial charge in [-0.3, -0.25) is 4.79 Å². The lowest BCUT2D eigenvalue weighted by molar-refractivity contribution is 0.102. The van der Waals surface area contributed by atoms with Crippen molar-refractivity contribution < 1.29 is 14.3 Å². The maximum absolute atomic E-state index is 12.6. The van der Waals surface area contributed by atoms with Gasteiger partial charge in [0.15, 0.2) is 5.58 Å². The third-order valence-electron chi connectivity index (χ3n) is 3.95. The average Bonchev–Trinajstić information content (AvgIpc) is 3.09. The Bertz CT molecular complexity index is 1140. The molecule has 134 valence electrons. The van der Waals surface area contributed by atoms with Crippen molar-refractivity contribution in [2.75, 3.05) is 5.32 Å². The molecule has 5 nitrogen and oxygen atoms in total. The third-order valence-corrected chi connectivity index (χ3v) is 5.56. The Labute approximate surface area is 182 Å². The number of nitrogens with one attached hydrogen (secondary N) is 1. The second-order valence-electron chi connectivity index (χ2n) is 5.80. The summed E-state index contributed by atoms with van der Waals surface area (Å²) in [6.07, 6.45) is 0. The number of benzene rings is 3. The van der Waals surface area contributed by atoms with E-state index in [2.05, 4.69) is 55.5 Å². The molecule has 0 bridgehead atoms. The van der Waals surface area contributed by atoms with E-state index in [-0.39, 0.29) is 11.7 Å². The van der Waals surface area contributed by atoms with E-state index in [1.54, 1.807) is 12.1 Å². The largest absolute Gasteiger partial charge is 0.507 e. The number of hydrogen-bond donors (Lipinski definition) is 2. The number of oxazole rings is 1. The molecule has 0 aliphatic carbocycles. The van der Waals surface area contributed by atoms with Crippen molar-refractivity contribution in [2.24, 2.45) is 0 Å². The van der Waals surface area contributed by atoms with Crippen LogP contribution in [0.5, 0.6) is 5.75 Å². The van der Waals surface area contributed by atoms with Gasteiger partial charge in [0.25, 0.3) is 5.91 Å². The number of fused-ring (bicyclic) bond motifs is 1. The minimum Gasteiger partial charge on any atom is -0.507 e. The monoisotopic (exact) mass is 582 g/mol. The summed E-state index contributed by atoms with van der Waals surface area (Å²) in [4.78, 5) is 17.0. The van der Waals surface area contributed by atoms with Gasteiger partial charge in [-0.1, -0.05) is 12.1 Å². The van der Waals surface area contributed by atoms with Gasteiger partial charge < -0.3 is 14.8 Å². The maximum Gasteiger partial charge on any atom is 0.256 e. The molecular formula is C20H12I2N2O3. The Morgan fingerprint density at radius 2 is 1.85 bits per heavy atom. The summed E-state index contributed by atoms with van der Waals surface area (Å²) >= 11 is 4.31. The highest BCUT2D eigenvalue weighted by Gasteiger charge is 2.15. The molecule has 0 saturated heterocycles. The molecule has 0 aliphatic heterocycles. The molecule has 0 fully saturated rings. The lowest BCUT2D eigenvalue weighted by Gasteiger charge is -2.09. The van der Waals surface area contributed by atoms with E-state index in [1.165, 1.54) is 6.07 Å². The number of phenolic OH excluding ortho intramolecular Hbond substituents is 1. The number of nitrogens with zero attached hydrogens (tertiary/aromatic N) is 1. The third kappa shape index (κ3) is 3.79. The Morgan fingerprint density at radius 1 is 1.04 bits per heavy atom. The topological polar surface area (TPSA) is 75.4 Å². The normalized spacial score (nSPS) is 10.9. The first-order valence-electron chi connectivity index (χ1n) is 7.96. The van der Waals surface area contributed by atoms with Gasteiger partial charge in [-0.25, -0.2) is 4.98 Å². The molecular weight excluding hydrogens is 570 g/mol. The van der Waals surface area contributed by atoms with Gasteiger partial charge in [-0.05, 0) is 93.7 Å². The van der Waals surface area contributed by atoms with Gasteiger partial charge in [-0.2, -0.15) is 0 Å². The molecule has 0 saturated carbocycles. The van der Waals surface area contributed by atoms with Gasteiger partial charge in [0.1, 0.15) is 11.3 Å². The van der Waals surface area contributed by atoms with Crippen LogP contribution in [0.2, 0.25) is 0 Å². The van der Waals surface area contributed by atoms with Crippen LogP contribution in [0, 0.1) is 7.14 Å². The van der Waals surface area contributed by atoms with Crippen LogP contribution >= 0.6 is 45.2 Å². The highest BCUT2D eigenvalue weighted by molar-refractivity contribution is 14.1.